The van der Waals surface area contributed by atoms with Gasteiger partial charge in [-0.1, -0.05) is 54.1 Å². The van der Waals surface area contributed by atoms with Crippen molar-refractivity contribution in [3.05, 3.63) is 76.9 Å². The average molecular weight is 298 g/mol. The van der Waals surface area contributed by atoms with Crippen molar-refractivity contribution in [1.82, 2.24) is 15.5 Å². The van der Waals surface area contributed by atoms with E-state index in [1.165, 1.54) is 5.56 Å². The van der Waals surface area contributed by atoms with Crippen LogP contribution in [-0.2, 0) is 13.1 Å². The predicted molar refractivity (Wildman–Crippen MR) is 86.0 cm³/mol. The van der Waals surface area contributed by atoms with Gasteiger partial charge in [-0.3, -0.25) is 5.10 Å². The SMILES string of the molecule is Clc1ccc(-c2[nH]ncc2CNCc2ccccc2)cc1. The van der Waals surface area contributed by atoms with E-state index in [4.69, 9.17) is 11.6 Å². The molecule has 21 heavy (non-hydrogen) atoms. The van der Waals surface area contributed by atoms with Crippen molar-refractivity contribution >= 4 is 11.6 Å². The molecule has 0 fully saturated rings. The zero-order valence-electron chi connectivity index (χ0n) is 11.5. The summed E-state index contributed by atoms with van der Waals surface area (Å²) in [5.74, 6) is 0. The van der Waals surface area contributed by atoms with Crippen molar-refractivity contribution in [2.24, 2.45) is 0 Å². The van der Waals surface area contributed by atoms with Crippen LogP contribution in [0.1, 0.15) is 11.1 Å². The summed E-state index contributed by atoms with van der Waals surface area (Å²) in [5.41, 5.74) is 4.54. The van der Waals surface area contributed by atoms with Crippen molar-refractivity contribution in [3.8, 4) is 11.3 Å². The third-order valence-electron chi connectivity index (χ3n) is 3.34. The number of H-pyrrole nitrogens is 1. The van der Waals surface area contributed by atoms with E-state index in [1.54, 1.807) is 0 Å². The molecule has 106 valence electrons. The third-order valence-corrected chi connectivity index (χ3v) is 3.59. The summed E-state index contributed by atoms with van der Waals surface area (Å²) in [6.07, 6.45) is 1.86. The van der Waals surface area contributed by atoms with E-state index in [2.05, 4.69) is 27.6 Å². The Labute approximate surface area is 129 Å². The second-order valence-electron chi connectivity index (χ2n) is 4.87. The second-order valence-corrected chi connectivity index (χ2v) is 5.30. The van der Waals surface area contributed by atoms with Crippen molar-refractivity contribution in [3.63, 3.8) is 0 Å². The minimum atomic E-state index is 0.738. The van der Waals surface area contributed by atoms with E-state index >= 15 is 0 Å². The number of aromatic nitrogens is 2. The molecule has 1 heterocycles. The van der Waals surface area contributed by atoms with Gasteiger partial charge in [0.25, 0.3) is 0 Å². The number of hydrogen-bond acceptors (Lipinski definition) is 2. The number of halogens is 1. The highest BCUT2D eigenvalue weighted by Gasteiger charge is 2.07. The minimum absolute atomic E-state index is 0.738. The maximum atomic E-state index is 5.93. The highest BCUT2D eigenvalue weighted by Crippen LogP contribution is 2.22. The number of nitrogens with one attached hydrogen (secondary N) is 2. The lowest BCUT2D eigenvalue weighted by molar-refractivity contribution is 0.694. The fraction of sp³-hybridized carbons (Fsp3) is 0.118. The number of benzene rings is 2. The molecule has 0 atom stereocenters. The molecular weight excluding hydrogens is 282 g/mol. The van der Waals surface area contributed by atoms with Gasteiger partial charge in [0.2, 0.25) is 0 Å². The Balaban J connectivity index is 1.67. The van der Waals surface area contributed by atoms with Gasteiger partial charge in [0, 0.05) is 23.7 Å². The van der Waals surface area contributed by atoms with Crippen LogP contribution in [0.2, 0.25) is 5.02 Å². The molecule has 3 rings (SSSR count). The number of hydrogen-bond donors (Lipinski definition) is 2. The molecule has 0 bridgehead atoms. The lowest BCUT2D eigenvalue weighted by Crippen LogP contribution is -2.12. The maximum absolute atomic E-state index is 5.93. The Kier molecular flexibility index (Phi) is 4.34. The Morgan fingerprint density at radius 1 is 0.952 bits per heavy atom. The fourth-order valence-corrected chi connectivity index (χ4v) is 2.37. The average Bonchev–Trinajstić information content (AvgIpc) is 2.98. The predicted octanol–water partition coefficient (Wildman–Crippen LogP) is 4.02. The van der Waals surface area contributed by atoms with E-state index in [-0.39, 0.29) is 0 Å². The molecule has 0 aliphatic rings. The monoisotopic (exact) mass is 297 g/mol. The molecule has 3 nitrogen and oxygen atoms in total. The van der Waals surface area contributed by atoms with E-state index in [1.807, 2.05) is 48.7 Å². The van der Waals surface area contributed by atoms with Crippen LogP contribution < -0.4 is 5.32 Å². The van der Waals surface area contributed by atoms with Crippen LogP contribution in [0.3, 0.4) is 0 Å². The van der Waals surface area contributed by atoms with Gasteiger partial charge in [-0.15, -0.1) is 0 Å². The molecule has 0 aliphatic carbocycles. The van der Waals surface area contributed by atoms with Gasteiger partial charge in [-0.25, -0.2) is 0 Å². The van der Waals surface area contributed by atoms with Gasteiger partial charge in [0.15, 0.2) is 0 Å². The van der Waals surface area contributed by atoms with Crippen LogP contribution >= 0.6 is 11.6 Å². The molecule has 0 aliphatic heterocycles. The summed E-state index contributed by atoms with van der Waals surface area (Å²) in [7, 11) is 0. The first kappa shape index (κ1) is 13.9. The lowest BCUT2D eigenvalue weighted by atomic mass is 10.1. The quantitative estimate of drug-likeness (QED) is 0.747. The highest BCUT2D eigenvalue weighted by atomic mass is 35.5. The summed E-state index contributed by atoms with van der Waals surface area (Å²) < 4.78 is 0. The van der Waals surface area contributed by atoms with Gasteiger partial charge >= 0.3 is 0 Å². The van der Waals surface area contributed by atoms with Crippen LogP contribution in [-0.4, -0.2) is 10.2 Å². The first-order chi connectivity index (χ1) is 10.3. The molecule has 0 saturated heterocycles. The van der Waals surface area contributed by atoms with Crippen LogP contribution in [0.15, 0.2) is 60.8 Å². The van der Waals surface area contributed by atoms with Gasteiger partial charge in [-0.2, -0.15) is 5.10 Å². The molecule has 0 unspecified atom stereocenters. The first-order valence-corrected chi connectivity index (χ1v) is 7.23. The Morgan fingerprint density at radius 3 is 2.48 bits per heavy atom. The van der Waals surface area contributed by atoms with E-state index < -0.39 is 0 Å². The Morgan fingerprint density at radius 2 is 1.71 bits per heavy atom. The highest BCUT2D eigenvalue weighted by molar-refractivity contribution is 6.30. The number of rotatable bonds is 5. The topological polar surface area (TPSA) is 40.7 Å². The van der Waals surface area contributed by atoms with Gasteiger partial charge in [0.1, 0.15) is 0 Å². The summed E-state index contributed by atoms with van der Waals surface area (Å²) in [5, 5.41) is 11.4. The molecule has 2 N–H and O–H groups in total. The van der Waals surface area contributed by atoms with E-state index in [0.29, 0.717) is 0 Å². The molecule has 3 aromatic rings. The number of aromatic amines is 1. The molecule has 0 amide bonds. The summed E-state index contributed by atoms with van der Waals surface area (Å²) >= 11 is 5.93. The molecule has 1 aromatic heterocycles. The molecule has 0 radical (unpaired) electrons. The maximum Gasteiger partial charge on any atom is 0.0695 e. The molecule has 4 heteroatoms. The van der Waals surface area contributed by atoms with Crippen molar-refractivity contribution in [1.29, 1.82) is 0 Å². The zero-order chi connectivity index (χ0) is 14.5. The Bertz CT molecular complexity index is 690. The molecular formula is C17H16ClN3. The summed E-state index contributed by atoms with van der Waals surface area (Å²) in [6.45, 7) is 1.61. The van der Waals surface area contributed by atoms with Crippen LogP contribution in [0, 0.1) is 0 Å². The first-order valence-electron chi connectivity index (χ1n) is 6.86. The third kappa shape index (κ3) is 3.51. The van der Waals surface area contributed by atoms with Gasteiger partial charge < -0.3 is 5.32 Å². The van der Waals surface area contributed by atoms with Gasteiger partial charge in [-0.05, 0) is 23.3 Å². The van der Waals surface area contributed by atoms with E-state index in [9.17, 15) is 0 Å². The smallest absolute Gasteiger partial charge is 0.0695 e. The van der Waals surface area contributed by atoms with Crippen LogP contribution in [0.4, 0.5) is 0 Å². The molecule has 0 spiro atoms. The van der Waals surface area contributed by atoms with Crippen LogP contribution in [0.25, 0.3) is 11.3 Å². The molecule has 0 saturated carbocycles. The lowest BCUT2D eigenvalue weighted by Gasteiger charge is -2.06. The van der Waals surface area contributed by atoms with Gasteiger partial charge in [0.05, 0.1) is 11.9 Å². The normalized spacial score (nSPS) is 10.7. The zero-order valence-corrected chi connectivity index (χ0v) is 12.3. The van der Waals surface area contributed by atoms with Crippen molar-refractivity contribution < 1.29 is 0 Å². The standard InChI is InChI=1S/C17H16ClN3/c18-16-8-6-14(7-9-16)17-15(12-20-21-17)11-19-10-13-4-2-1-3-5-13/h1-9,12,19H,10-11H2,(H,20,21). The van der Waals surface area contributed by atoms with Crippen LogP contribution in [0.5, 0.6) is 0 Å². The van der Waals surface area contributed by atoms with E-state index in [0.717, 1.165) is 34.9 Å². The summed E-state index contributed by atoms with van der Waals surface area (Å²) in [6, 6.07) is 18.1. The largest absolute Gasteiger partial charge is 0.308 e. The fourth-order valence-electron chi connectivity index (χ4n) is 2.25. The summed E-state index contributed by atoms with van der Waals surface area (Å²) in [4.78, 5) is 0. The minimum Gasteiger partial charge on any atom is -0.308 e. The molecule has 2 aromatic carbocycles. The second kappa shape index (κ2) is 6.57. The van der Waals surface area contributed by atoms with Crippen molar-refractivity contribution in [2.75, 3.05) is 0 Å². The number of nitrogens with zero attached hydrogens (tertiary/aromatic N) is 1. The van der Waals surface area contributed by atoms with Crippen molar-refractivity contribution in [2.45, 2.75) is 13.1 Å². The Hall–Kier alpha value is -2.10.